The van der Waals surface area contributed by atoms with Gasteiger partial charge in [0.05, 0.1) is 0 Å². The second-order valence-electron chi connectivity index (χ2n) is 6.04. The molecule has 0 amide bonds. The van der Waals surface area contributed by atoms with Crippen LogP contribution in [0.5, 0.6) is 0 Å². The summed E-state index contributed by atoms with van der Waals surface area (Å²) in [5.41, 5.74) is 3.50. The van der Waals surface area contributed by atoms with Gasteiger partial charge in [0.1, 0.15) is 18.3 Å². The summed E-state index contributed by atoms with van der Waals surface area (Å²) >= 11 is 1.76. The average molecular weight is 348 g/mol. The van der Waals surface area contributed by atoms with E-state index in [4.69, 9.17) is 9.73 Å². The van der Waals surface area contributed by atoms with Crippen LogP contribution >= 0.6 is 11.8 Å². The Balaban J connectivity index is 1.55. The summed E-state index contributed by atoms with van der Waals surface area (Å²) in [5, 5.41) is 0. The van der Waals surface area contributed by atoms with Crippen molar-refractivity contribution in [1.29, 1.82) is 0 Å². The Bertz CT molecular complexity index is 868. The van der Waals surface area contributed by atoms with E-state index in [1.165, 1.54) is 16.0 Å². The number of aliphatic imine (C=N–C) groups is 1. The molecule has 4 rings (SSSR count). The highest BCUT2D eigenvalue weighted by Gasteiger charge is 2.23. The van der Waals surface area contributed by atoms with Crippen LogP contribution in [0, 0.1) is 0 Å². The summed E-state index contributed by atoms with van der Waals surface area (Å²) in [6, 6.07) is 23.2. The number of benzene rings is 2. The Labute approximate surface area is 152 Å². The van der Waals surface area contributed by atoms with Gasteiger partial charge in [0.2, 0.25) is 5.90 Å². The minimum absolute atomic E-state index is 0.0837. The summed E-state index contributed by atoms with van der Waals surface area (Å²) in [6.45, 7) is 1.42. The molecule has 25 heavy (non-hydrogen) atoms. The Kier molecular flexibility index (Phi) is 4.61. The first-order chi connectivity index (χ1) is 12.3. The standard InChI is InChI=1S/C21H20N2OS/c1-25-18-11-9-16(10-12-18)14-23-13-5-8-20(23)21-22-19(15-24-21)17-6-3-2-4-7-17/h2-13,19H,14-15H2,1H3. The number of ether oxygens (including phenoxy) is 1. The minimum Gasteiger partial charge on any atom is -0.474 e. The van der Waals surface area contributed by atoms with E-state index in [0.29, 0.717) is 6.61 Å². The van der Waals surface area contributed by atoms with Gasteiger partial charge in [0.15, 0.2) is 0 Å². The van der Waals surface area contributed by atoms with E-state index >= 15 is 0 Å². The summed E-state index contributed by atoms with van der Waals surface area (Å²) in [4.78, 5) is 6.08. The van der Waals surface area contributed by atoms with Gasteiger partial charge in [-0.3, -0.25) is 0 Å². The third kappa shape index (κ3) is 3.49. The van der Waals surface area contributed by atoms with Crippen molar-refractivity contribution in [3.63, 3.8) is 0 Å². The maximum absolute atomic E-state index is 5.91. The van der Waals surface area contributed by atoms with Gasteiger partial charge in [0, 0.05) is 17.6 Å². The molecular weight excluding hydrogens is 328 g/mol. The molecule has 1 aromatic heterocycles. The second-order valence-corrected chi connectivity index (χ2v) is 6.92. The van der Waals surface area contributed by atoms with Gasteiger partial charge >= 0.3 is 0 Å². The zero-order chi connectivity index (χ0) is 17.1. The van der Waals surface area contributed by atoms with Crippen LogP contribution in [0.25, 0.3) is 0 Å². The van der Waals surface area contributed by atoms with Crippen molar-refractivity contribution in [3.8, 4) is 0 Å². The molecule has 1 aliphatic heterocycles. The highest BCUT2D eigenvalue weighted by molar-refractivity contribution is 7.98. The normalized spacial score (nSPS) is 16.5. The van der Waals surface area contributed by atoms with E-state index in [1.807, 2.05) is 24.3 Å². The molecule has 0 fully saturated rings. The molecular formula is C21H20N2OS. The van der Waals surface area contributed by atoms with Crippen LogP contribution in [-0.4, -0.2) is 23.3 Å². The molecule has 0 saturated heterocycles. The first-order valence-corrected chi connectivity index (χ1v) is 9.60. The highest BCUT2D eigenvalue weighted by atomic mass is 32.2. The molecule has 4 heteroatoms. The van der Waals surface area contributed by atoms with Crippen molar-refractivity contribution >= 4 is 17.7 Å². The zero-order valence-corrected chi connectivity index (χ0v) is 14.9. The predicted molar refractivity (Wildman–Crippen MR) is 103 cm³/mol. The van der Waals surface area contributed by atoms with E-state index in [0.717, 1.165) is 18.1 Å². The molecule has 1 unspecified atom stereocenters. The number of hydrogen-bond donors (Lipinski definition) is 0. The minimum atomic E-state index is 0.0837. The number of hydrogen-bond acceptors (Lipinski definition) is 3. The lowest BCUT2D eigenvalue weighted by Crippen LogP contribution is -2.10. The first kappa shape index (κ1) is 16.0. The second kappa shape index (κ2) is 7.19. The first-order valence-electron chi connectivity index (χ1n) is 8.37. The van der Waals surface area contributed by atoms with Crippen molar-refractivity contribution in [3.05, 3.63) is 89.7 Å². The van der Waals surface area contributed by atoms with Gasteiger partial charge in [-0.1, -0.05) is 42.5 Å². The summed E-state index contributed by atoms with van der Waals surface area (Å²) in [6.07, 6.45) is 4.18. The van der Waals surface area contributed by atoms with Crippen LogP contribution in [0.2, 0.25) is 0 Å². The molecule has 2 aromatic carbocycles. The quantitative estimate of drug-likeness (QED) is 0.621. The summed E-state index contributed by atoms with van der Waals surface area (Å²) < 4.78 is 8.10. The molecule has 2 heterocycles. The third-order valence-electron chi connectivity index (χ3n) is 4.40. The molecule has 0 saturated carbocycles. The van der Waals surface area contributed by atoms with Crippen LogP contribution in [0.3, 0.4) is 0 Å². The van der Waals surface area contributed by atoms with Gasteiger partial charge in [-0.25, -0.2) is 4.99 Å². The number of thioether (sulfide) groups is 1. The largest absolute Gasteiger partial charge is 0.474 e. The van der Waals surface area contributed by atoms with Crippen LogP contribution in [-0.2, 0) is 11.3 Å². The fraction of sp³-hybridized carbons (Fsp3) is 0.190. The number of aromatic nitrogens is 1. The summed E-state index contributed by atoms with van der Waals surface area (Å²) in [7, 11) is 0. The monoisotopic (exact) mass is 348 g/mol. The summed E-state index contributed by atoms with van der Waals surface area (Å²) in [5.74, 6) is 0.736. The third-order valence-corrected chi connectivity index (χ3v) is 5.14. The maximum Gasteiger partial charge on any atom is 0.234 e. The lowest BCUT2D eigenvalue weighted by Gasteiger charge is -2.09. The van der Waals surface area contributed by atoms with Gasteiger partial charge < -0.3 is 9.30 Å². The SMILES string of the molecule is CSc1ccc(Cn2cccc2C2=NC(c3ccccc3)CO2)cc1. The topological polar surface area (TPSA) is 26.5 Å². The van der Waals surface area contributed by atoms with Crippen LogP contribution in [0.4, 0.5) is 0 Å². The molecule has 126 valence electrons. The van der Waals surface area contributed by atoms with E-state index in [-0.39, 0.29) is 6.04 Å². The maximum atomic E-state index is 5.91. The van der Waals surface area contributed by atoms with Crippen molar-refractivity contribution in [2.75, 3.05) is 12.9 Å². The van der Waals surface area contributed by atoms with Gasteiger partial charge in [-0.2, -0.15) is 0 Å². The van der Waals surface area contributed by atoms with Crippen LogP contribution < -0.4 is 0 Å². The molecule has 1 aliphatic rings. The van der Waals surface area contributed by atoms with Gasteiger partial charge in [-0.05, 0) is 41.6 Å². The molecule has 0 aliphatic carbocycles. The van der Waals surface area contributed by atoms with E-state index in [1.54, 1.807) is 11.8 Å². The van der Waals surface area contributed by atoms with Crippen LogP contribution in [0.15, 0.2) is 82.8 Å². The Hall–Kier alpha value is -2.46. The Morgan fingerprint density at radius 1 is 1.04 bits per heavy atom. The van der Waals surface area contributed by atoms with Crippen molar-refractivity contribution in [1.82, 2.24) is 4.57 Å². The van der Waals surface area contributed by atoms with E-state index < -0.39 is 0 Å². The molecule has 0 spiro atoms. The fourth-order valence-electron chi connectivity index (χ4n) is 3.03. The van der Waals surface area contributed by atoms with Crippen molar-refractivity contribution < 1.29 is 4.74 Å². The smallest absolute Gasteiger partial charge is 0.234 e. The highest BCUT2D eigenvalue weighted by Crippen LogP contribution is 2.25. The zero-order valence-electron chi connectivity index (χ0n) is 14.1. The van der Waals surface area contributed by atoms with Gasteiger partial charge in [-0.15, -0.1) is 11.8 Å². The molecule has 0 bridgehead atoms. The van der Waals surface area contributed by atoms with Gasteiger partial charge in [0.25, 0.3) is 0 Å². The lowest BCUT2D eigenvalue weighted by molar-refractivity contribution is 0.318. The molecule has 3 aromatic rings. The molecule has 1 atom stereocenters. The van der Waals surface area contributed by atoms with Crippen molar-refractivity contribution in [2.45, 2.75) is 17.5 Å². The molecule has 0 N–H and O–H groups in total. The lowest BCUT2D eigenvalue weighted by atomic mass is 10.1. The average Bonchev–Trinajstić information content (AvgIpc) is 3.32. The number of rotatable bonds is 5. The Morgan fingerprint density at radius 2 is 1.84 bits per heavy atom. The van der Waals surface area contributed by atoms with Crippen molar-refractivity contribution in [2.24, 2.45) is 4.99 Å². The molecule has 0 radical (unpaired) electrons. The molecule has 3 nitrogen and oxygen atoms in total. The van der Waals surface area contributed by atoms with E-state index in [2.05, 4.69) is 59.5 Å². The van der Waals surface area contributed by atoms with Crippen LogP contribution in [0.1, 0.15) is 22.9 Å². The Morgan fingerprint density at radius 3 is 2.60 bits per heavy atom. The fourth-order valence-corrected chi connectivity index (χ4v) is 3.44. The van der Waals surface area contributed by atoms with E-state index in [9.17, 15) is 0 Å². The predicted octanol–water partition coefficient (Wildman–Crippen LogP) is 4.78. The number of nitrogens with zero attached hydrogens (tertiary/aromatic N) is 2.